The molecule has 0 radical (unpaired) electrons. The normalized spacial score (nSPS) is 10.8. The third-order valence-electron chi connectivity index (χ3n) is 4.09. The largest absolute Gasteiger partial charge is 0.353 e. The lowest BCUT2D eigenvalue weighted by atomic mass is 10.1. The number of nitrogens with zero attached hydrogens (tertiary/aromatic N) is 2. The van der Waals surface area contributed by atoms with Crippen molar-refractivity contribution in [1.82, 2.24) is 14.9 Å². The fourth-order valence-corrected chi connectivity index (χ4v) is 2.91. The minimum absolute atomic E-state index is 0.0932. The van der Waals surface area contributed by atoms with E-state index in [-0.39, 0.29) is 5.91 Å². The lowest BCUT2D eigenvalue weighted by Crippen LogP contribution is -2.31. The lowest BCUT2D eigenvalue weighted by Gasteiger charge is -2.19. The van der Waals surface area contributed by atoms with E-state index in [0.29, 0.717) is 25.9 Å². The highest BCUT2D eigenvalue weighted by Crippen LogP contribution is 2.25. The van der Waals surface area contributed by atoms with E-state index in [1.54, 1.807) is 17.1 Å². The number of carbonyl (C=O) groups excluding carboxylic acids is 1. The molecule has 0 aliphatic rings. The van der Waals surface area contributed by atoms with Gasteiger partial charge < -0.3 is 9.88 Å². The summed E-state index contributed by atoms with van der Waals surface area (Å²) in [5.41, 5.74) is 3.05. The van der Waals surface area contributed by atoms with E-state index < -0.39 is 0 Å². The molecule has 0 spiro atoms. The zero-order valence-corrected chi connectivity index (χ0v) is 13.7. The number of hydrogen-bond donors (Lipinski definition) is 1. The minimum atomic E-state index is 0.0932. The number of amides is 1. The number of aryl methyl sites for hydroxylation is 1. The number of aromatic nitrogens is 2. The smallest absolute Gasteiger partial charge is 0.223 e. The second-order valence-electron chi connectivity index (χ2n) is 5.77. The predicted octanol–water partition coefficient (Wildman–Crippen LogP) is 3.85. The average Bonchev–Trinajstić information content (AvgIpc) is 2.97. The molecule has 1 amide bonds. The van der Waals surface area contributed by atoms with Gasteiger partial charge in [-0.2, -0.15) is 0 Å². The van der Waals surface area contributed by atoms with Gasteiger partial charge in [-0.15, -0.1) is 13.2 Å². The first-order valence-corrected chi connectivity index (χ1v) is 8.08. The molecule has 0 bridgehead atoms. The van der Waals surface area contributed by atoms with Crippen LogP contribution < -0.4 is 0 Å². The van der Waals surface area contributed by atoms with Crippen molar-refractivity contribution in [2.24, 2.45) is 0 Å². The Morgan fingerprint density at radius 1 is 1.12 bits per heavy atom. The van der Waals surface area contributed by atoms with Gasteiger partial charge in [-0.1, -0.05) is 30.4 Å². The van der Waals surface area contributed by atoms with Gasteiger partial charge in [0.25, 0.3) is 0 Å². The van der Waals surface area contributed by atoms with Gasteiger partial charge in [0, 0.05) is 41.5 Å². The van der Waals surface area contributed by atoms with Gasteiger partial charge in [-0.25, -0.2) is 0 Å². The molecule has 2 heterocycles. The highest BCUT2D eigenvalue weighted by molar-refractivity contribution is 6.06. The molecular formula is C20H21N3O. The van der Waals surface area contributed by atoms with Gasteiger partial charge in [0.2, 0.25) is 5.91 Å². The van der Waals surface area contributed by atoms with Crippen molar-refractivity contribution in [3.05, 3.63) is 67.5 Å². The van der Waals surface area contributed by atoms with Crippen molar-refractivity contribution in [1.29, 1.82) is 0 Å². The second-order valence-corrected chi connectivity index (χ2v) is 5.77. The van der Waals surface area contributed by atoms with Gasteiger partial charge in [-0.05, 0) is 18.6 Å². The van der Waals surface area contributed by atoms with Crippen molar-refractivity contribution in [3.63, 3.8) is 0 Å². The van der Waals surface area contributed by atoms with Crippen molar-refractivity contribution >= 4 is 27.7 Å². The molecule has 0 aliphatic heterocycles. The Hall–Kier alpha value is -2.88. The number of carbonyl (C=O) groups is 1. The van der Waals surface area contributed by atoms with Gasteiger partial charge in [-0.3, -0.25) is 9.78 Å². The Balaban J connectivity index is 1.77. The molecule has 0 atom stereocenters. The molecule has 2 aromatic heterocycles. The lowest BCUT2D eigenvalue weighted by molar-refractivity contribution is -0.130. The van der Waals surface area contributed by atoms with Crippen molar-refractivity contribution in [3.8, 4) is 0 Å². The van der Waals surface area contributed by atoms with Crippen LogP contribution in [0.5, 0.6) is 0 Å². The maximum absolute atomic E-state index is 12.3. The molecule has 122 valence electrons. The summed E-state index contributed by atoms with van der Waals surface area (Å²) < 4.78 is 0. The van der Waals surface area contributed by atoms with Crippen LogP contribution in [0.15, 0.2) is 61.8 Å². The van der Waals surface area contributed by atoms with E-state index in [4.69, 9.17) is 0 Å². The molecule has 0 unspecified atom stereocenters. The summed E-state index contributed by atoms with van der Waals surface area (Å²) in [5, 5.41) is 2.33. The molecule has 0 saturated carbocycles. The first-order chi connectivity index (χ1) is 11.7. The first-order valence-electron chi connectivity index (χ1n) is 8.08. The summed E-state index contributed by atoms with van der Waals surface area (Å²) in [7, 11) is 0. The van der Waals surface area contributed by atoms with Crippen molar-refractivity contribution < 1.29 is 4.79 Å². The monoisotopic (exact) mass is 319 g/mol. The molecule has 4 heteroatoms. The summed E-state index contributed by atoms with van der Waals surface area (Å²) in [6.07, 6.45) is 6.37. The quantitative estimate of drug-likeness (QED) is 0.672. The fraction of sp³-hybridized carbons (Fsp3) is 0.200. The van der Waals surface area contributed by atoms with Crippen LogP contribution in [0.2, 0.25) is 0 Å². The number of benzene rings is 1. The minimum Gasteiger partial charge on any atom is -0.353 e. The molecule has 24 heavy (non-hydrogen) atoms. The Kier molecular flexibility index (Phi) is 4.75. The Bertz CT molecular complexity index is 884. The van der Waals surface area contributed by atoms with Crippen LogP contribution >= 0.6 is 0 Å². The van der Waals surface area contributed by atoms with E-state index in [0.717, 1.165) is 22.1 Å². The number of H-pyrrole nitrogens is 1. The molecule has 1 aromatic carbocycles. The Labute approximate surface area is 141 Å². The zero-order valence-electron chi connectivity index (χ0n) is 13.7. The highest BCUT2D eigenvalue weighted by atomic mass is 16.2. The Morgan fingerprint density at radius 3 is 2.62 bits per heavy atom. The number of nitrogens with one attached hydrogen (secondary N) is 1. The maximum Gasteiger partial charge on any atom is 0.223 e. The van der Waals surface area contributed by atoms with Crippen LogP contribution in [0.25, 0.3) is 21.8 Å². The topological polar surface area (TPSA) is 49.0 Å². The molecule has 3 aromatic rings. The van der Waals surface area contributed by atoms with Crippen LogP contribution in [0.3, 0.4) is 0 Å². The summed E-state index contributed by atoms with van der Waals surface area (Å²) >= 11 is 0. The van der Waals surface area contributed by atoms with Crippen molar-refractivity contribution in [2.75, 3.05) is 13.1 Å². The number of pyridine rings is 1. The fourth-order valence-electron chi connectivity index (χ4n) is 2.91. The molecule has 3 rings (SSSR count). The average molecular weight is 319 g/mol. The van der Waals surface area contributed by atoms with E-state index in [2.05, 4.69) is 41.3 Å². The maximum atomic E-state index is 12.3. The second kappa shape index (κ2) is 7.13. The summed E-state index contributed by atoms with van der Waals surface area (Å²) in [4.78, 5) is 21.9. The third-order valence-corrected chi connectivity index (χ3v) is 4.09. The van der Waals surface area contributed by atoms with Gasteiger partial charge >= 0.3 is 0 Å². The molecule has 0 aliphatic carbocycles. The zero-order chi connectivity index (χ0) is 16.9. The predicted molar refractivity (Wildman–Crippen MR) is 98.9 cm³/mol. The van der Waals surface area contributed by atoms with E-state index >= 15 is 0 Å². The van der Waals surface area contributed by atoms with E-state index in [1.165, 1.54) is 5.39 Å². The van der Waals surface area contributed by atoms with Crippen molar-refractivity contribution in [2.45, 2.75) is 12.8 Å². The molecule has 4 nitrogen and oxygen atoms in total. The number of rotatable bonds is 7. The molecule has 0 saturated heterocycles. The molecule has 0 fully saturated rings. The van der Waals surface area contributed by atoms with Crippen LogP contribution in [0.1, 0.15) is 12.1 Å². The number of hydrogen-bond acceptors (Lipinski definition) is 2. The van der Waals surface area contributed by atoms with E-state index in [9.17, 15) is 4.79 Å². The number of fused-ring (bicyclic) bond motifs is 3. The summed E-state index contributed by atoms with van der Waals surface area (Å²) in [6.45, 7) is 8.48. The SMILES string of the molecule is C=CCN(CC=C)C(=O)CCc1cc2c(cn1)[nH]c1ccccc12. The number of aromatic amines is 1. The standard InChI is InChI=1S/C20H21N3O/c1-3-11-23(12-4-2)20(24)10-9-15-13-17-16-7-5-6-8-18(16)22-19(17)14-21-15/h3-8,13-14,22H,1-2,9-12H2. The van der Waals surface area contributed by atoms with Crippen LogP contribution in [0, 0.1) is 0 Å². The number of para-hydroxylation sites is 1. The third kappa shape index (κ3) is 3.23. The van der Waals surface area contributed by atoms with E-state index in [1.807, 2.05) is 18.3 Å². The summed E-state index contributed by atoms with van der Waals surface area (Å²) in [5.74, 6) is 0.0932. The molecular weight excluding hydrogens is 298 g/mol. The Morgan fingerprint density at radius 2 is 1.88 bits per heavy atom. The highest BCUT2D eigenvalue weighted by Gasteiger charge is 2.12. The van der Waals surface area contributed by atoms with Gasteiger partial charge in [0.15, 0.2) is 0 Å². The van der Waals surface area contributed by atoms with Gasteiger partial charge in [0.1, 0.15) is 0 Å². The van der Waals surface area contributed by atoms with Crippen LogP contribution in [-0.2, 0) is 11.2 Å². The molecule has 1 N–H and O–H groups in total. The first kappa shape index (κ1) is 16.0. The van der Waals surface area contributed by atoms with Gasteiger partial charge in [0.05, 0.1) is 11.7 Å². The van der Waals surface area contributed by atoms with Crippen LogP contribution in [0.4, 0.5) is 0 Å². The van der Waals surface area contributed by atoms with Crippen LogP contribution in [-0.4, -0.2) is 33.9 Å². The summed E-state index contributed by atoms with van der Waals surface area (Å²) in [6, 6.07) is 10.3.